The highest BCUT2D eigenvalue weighted by atomic mass is 16.6. The molecule has 0 saturated carbocycles. The van der Waals surface area contributed by atoms with E-state index in [2.05, 4.69) is 0 Å². The Balaban J connectivity index is 1.73. The summed E-state index contributed by atoms with van der Waals surface area (Å²) in [5.41, 5.74) is -1.60. The van der Waals surface area contributed by atoms with Crippen molar-refractivity contribution in [1.29, 1.82) is 0 Å². The van der Waals surface area contributed by atoms with Crippen molar-refractivity contribution in [1.82, 2.24) is 4.90 Å². The van der Waals surface area contributed by atoms with Gasteiger partial charge in [0, 0.05) is 23.8 Å². The number of esters is 1. The highest BCUT2D eigenvalue weighted by Gasteiger charge is 2.45. The summed E-state index contributed by atoms with van der Waals surface area (Å²) in [6.45, 7) is 0.390. The number of amides is 2. The lowest BCUT2D eigenvalue weighted by molar-refractivity contribution is -0.385. The fourth-order valence-electron chi connectivity index (χ4n) is 3.03. The lowest BCUT2D eigenvalue weighted by Gasteiger charge is -2.20. The Morgan fingerprint density at radius 1 is 1.03 bits per heavy atom. The largest absolute Gasteiger partial charge is 0.456 e. The summed E-state index contributed by atoms with van der Waals surface area (Å²) in [5, 5.41) is 22.0. The zero-order valence-electron chi connectivity index (χ0n) is 15.8. The van der Waals surface area contributed by atoms with Gasteiger partial charge >= 0.3 is 5.97 Å². The number of ketones is 1. The quantitative estimate of drug-likeness (QED) is 0.211. The second-order valence-corrected chi connectivity index (χ2v) is 6.45. The molecule has 158 valence electrons. The minimum Gasteiger partial charge on any atom is -0.456 e. The van der Waals surface area contributed by atoms with Gasteiger partial charge in [-0.05, 0) is 13.0 Å². The molecule has 0 aliphatic carbocycles. The van der Waals surface area contributed by atoms with E-state index in [0.717, 1.165) is 12.1 Å². The van der Waals surface area contributed by atoms with Gasteiger partial charge in [0.2, 0.25) is 5.78 Å². The van der Waals surface area contributed by atoms with Crippen molar-refractivity contribution in [2.24, 2.45) is 0 Å². The minimum atomic E-state index is -1.47. The second-order valence-electron chi connectivity index (χ2n) is 6.45. The number of nitrogens with zero attached hydrogens (tertiary/aromatic N) is 3. The second kappa shape index (κ2) is 8.10. The van der Waals surface area contributed by atoms with Gasteiger partial charge in [-0.15, -0.1) is 0 Å². The van der Waals surface area contributed by atoms with Crippen LogP contribution in [-0.4, -0.2) is 51.0 Å². The van der Waals surface area contributed by atoms with Crippen molar-refractivity contribution < 1.29 is 33.8 Å². The Bertz CT molecular complexity index is 1160. The molecule has 0 aromatic heterocycles. The number of ether oxygens (including phenoxy) is 1. The van der Waals surface area contributed by atoms with Crippen LogP contribution in [0.3, 0.4) is 0 Å². The van der Waals surface area contributed by atoms with Crippen LogP contribution in [0.25, 0.3) is 0 Å². The normalized spacial score (nSPS) is 13.5. The monoisotopic (exact) mass is 427 g/mol. The topological polar surface area (TPSA) is 167 Å². The predicted octanol–water partition coefficient (Wildman–Crippen LogP) is 1.91. The number of carbonyl (C=O) groups is 4. The van der Waals surface area contributed by atoms with E-state index in [0.29, 0.717) is 4.90 Å². The third-order valence-corrected chi connectivity index (χ3v) is 4.57. The van der Waals surface area contributed by atoms with Crippen LogP contribution in [0.2, 0.25) is 0 Å². The molecule has 0 fully saturated rings. The summed E-state index contributed by atoms with van der Waals surface area (Å²) < 4.78 is 4.87. The van der Waals surface area contributed by atoms with Crippen LogP contribution >= 0.6 is 0 Å². The first kappa shape index (κ1) is 21.2. The molecule has 2 amide bonds. The summed E-state index contributed by atoms with van der Waals surface area (Å²) in [7, 11) is 0. The van der Waals surface area contributed by atoms with Gasteiger partial charge in [0.15, 0.2) is 6.61 Å². The molecule has 1 aliphatic heterocycles. The summed E-state index contributed by atoms with van der Waals surface area (Å²) in [6.07, 6.45) is 0. The Hall–Kier alpha value is -4.48. The molecule has 0 saturated heterocycles. The standard InChI is InChI=1S/C19H13N3O9/c1-10(19(26)31-9-15(23)11-4-2-5-12(8-11)21(27)28)20-17(24)13-6-3-7-14(22(29)30)16(13)18(20)25/h2-8,10H,9H2,1H3/t10-/m1/s1. The van der Waals surface area contributed by atoms with Gasteiger partial charge < -0.3 is 4.74 Å². The number of fused-ring (bicyclic) bond motifs is 1. The highest BCUT2D eigenvalue weighted by molar-refractivity contribution is 6.24. The number of hydrogen-bond donors (Lipinski definition) is 0. The molecule has 31 heavy (non-hydrogen) atoms. The van der Waals surface area contributed by atoms with Crippen LogP contribution in [0.1, 0.15) is 38.0 Å². The molecule has 2 aromatic carbocycles. The Morgan fingerprint density at radius 2 is 1.71 bits per heavy atom. The molecule has 12 heteroatoms. The van der Waals surface area contributed by atoms with E-state index >= 15 is 0 Å². The van der Waals surface area contributed by atoms with Crippen molar-refractivity contribution in [3.05, 3.63) is 79.4 Å². The number of imide groups is 1. The van der Waals surface area contributed by atoms with E-state index < -0.39 is 57.3 Å². The van der Waals surface area contributed by atoms with E-state index in [-0.39, 0.29) is 16.8 Å². The summed E-state index contributed by atoms with van der Waals surface area (Å²) >= 11 is 0. The summed E-state index contributed by atoms with van der Waals surface area (Å²) in [6, 6.07) is 6.87. The zero-order chi connectivity index (χ0) is 22.9. The smallest absolute Gasteiger partial charge is 0.329 e. The van der Waals surface area contributed by atoms with Gasteiger partial charge in [0.1, 0.15) is 11.6 Å². The Labute approximate surface area is 173 Å². The molecule has 12 nitrogen and oxygen atoms in total. The molecular formula is C19H13N3O9. The lowest BCUT2D eigenvalue weighted by atomic mass is 10.1. The molecule has 0 N–H and O–H groups in total. The van der Waals surface area contributed by atoms with Gasteiger partial charge in [0.05, 0.1) is 15.4 Å². The number of non-ortho nitro benzene ring substituents is 1. The highest BCUT2D eigenvalue weighted by Crippen LogP contribution is 2.32. The zero-order valence-corrected chi connectivity index (χ0v) is 15.8. The maximum absolute atomic E-state index is 12.6. The number of benzene rings is 2. The molecule has 0 spiro atoms. The van der Waals surface area contributed by atoms with Crippen molar-refractivity contribution in [3.63, 3.8) is 0 Å². The maximum atomic E-state index is 12.6. The average molecular weight is 427 g/mol. The average Bonchev–Trinajstić information content (AvgIpc) is 3.01. The van der Waals surface area contributed by atoms with Gasteiger partial charge in [-0.3, -0.25) is 39.5 Å². The van der Waals surface area contributed by atoms with Crippen molar-refractivity contribution in [2.75, 3.05) is 6.61 Å². The Kier molecular flexibility index (Phi) is 5.55. The maximum Gasteiger partial charge on any atom is 0.329 e. The van der Waals surface area contributed by atoms with Crippen LogP contribution in [0.4, 0.5) is 11.4 Å². The van der Waals surface area contributed by atoms with Crippen LogP contribution in [0.5, 0.6) is 0 Å². The number of hydrogen-bond acceptors (Lipinski definition) is 9. The van der Waals surface area contributed by atoms with Crippen LogP contribution in [-0.2, 0) is 9.53 Å². The Morgan fingerprint density at radius 3 is 2.35 bits per heavy atom. The van der Waals surface area contributed by atoms with Gasteiger partial charge in [0.25, 0.3) is 23.2 Å². The first-order valence-corrected chi connectivity index (χ1v) is 8.73. The van der Waals surface area contributed by atoms with Gasteiger partial charge in [-0.25, -0.2) is 4.79 Å². The molecule has 0 unspecified atom stereocenters. The molecule has 0 radical (unpaired) electrons. The SMILES string of the molecule is C[C@H](C(=O)OCC(=O)c1cccc([N+](=O)[O-])c1)N1C(=O)c2cccc([N+](=O)[O-])c2C1=O. The molecular weight excluding hydrogens is 414 g/mol. The van der Waals surface area contributed by atoms with Crippen LogP contribution in [0, 0.1) is 20.2 Å². The molecule has 1 atom stereocenters. The van der Waals surface area contributed by atoms with Crippen molar-refractivity contribution in [3.8, 4) is 0 Å². The molecule has 2 aromatic rings. The van der Waals surface area contributed by atoms with E-state index in [1.807, 2.05) is 0 Å². The lowest BCUT2D eigenvalue weighted by Crippen LogP contribution is -2.44. The molecule has 0 bridgehead atoms. The summed E-state index contributed by atoms with van der Waals surface area (Å²) in [5.74, 6) is -3.77. The van der Waals surface area contributed by atoms with Crippen molar-refractivity contribution >= 4 is 34.9 Å². The predicted molar refractivity (Wildman–Crippen MR) is 101 cm³/mol. The number of carbonyl (C=O) groups excluding carboxylic acids is 4. The third-order valence-electron chi connectivity index (χ3n) is 4.57. The molecule has 3 rings (SSSR count). The van der Waals surface area contributed by atoms with Crippen LogP contribution < -0.4 is 0 Å². The molecule has 1 heterocycles. The van der Waals surface area contributed by atoms with Gasteiger partial charge in [-0.2, -0.15) is 0 Å². The van der Waals surface area contributed by atoms with Gasteiger partial charge in [-0.1, -0.05) is 18.2 Å². The third kappa shape index (κ3) is 3.85. The van der Waals surface area contributed by atoms with E-state index in [1.54, 1.807) is 0 Å². The number of rotatable bonds is 7. The molecule has 1 aliphatic rings. The number of nitro groups is 2. The van der Waals surface area contributed by atoms with E-state index in [4.69, 9.17) is 4.74 Å². The number of nitro benzene ring substituents is 2. The van der Waals surface area contributed by atoms with Crippen LogP contribution in [0.15, 0.2) is 42.5 Å². The minimum absolute atomic E-state index is 0.0639. The van der Waals surface area contributed by atoms with E-state index in [1.165, 1.54) is 37.3 Å². The first-order valence-electron chi connectivity index (χ1n) is 8.73. The number of Topliss-reactive ketones (excluding diaryl/α,β-unsaturated/α-hetero) is 1. The summed E-state index contributed by atoms with van der Waals surface area (Å²) in [4.78, 5) is 70.6. The van der Waals surface area contributed by atoms with E-state index in [9.17, 15) is 39.4 Å². The fourth-order valence-corrected chi connectivity index (χ4v) is 3.03. The first-order chi connectivity index (χ1) is 14.6. The fraction of sp³-hybridized carbons (Fsp3) is 0.158. The van der Waals surface area contributed by atoms with Crippen molar-refractivity contribution in [2.45, 2.75) is 13.0 Å².